The quantitative estimate of drug-likeness (QED) is 0.392. The molecular formula is C5H7NOS. The summed E-state index contributed by atoms with van der Waals surface area (Å²) in [5, 5.41) is 2.29. The normalized spacial score (nSPS) is 27.2. The maximum Gasteiger partial charge on any atom is 0.158 e. The Morgan fingerprint density at radius 3 is 3.12 bits per heavy atom. The fourth-order valence-corrected chi connectivity index (χ4v) is 0.839. The minimum atomic E-state index is 0.0208. The van der Waals surface area contributed by atoms with Gasteiger partial charge >= 0.3 is 0 Å². The second-order valence-electron chi connectivity index (χ2n) is 1.69. The fourth-order valence-electron chi connectivity index (χ4n) is 0.721. The van der Waals surface area contributed by atoms with Crippen LogP contribution in [0.15, 0.2) is 4.99 Å². The number of nitrogens with zero attached hydrogens (tertiary/aromatic N) is 1. The van der Waals surface area contributed by atoms with E-state index in [1.54, 1.807) is 0 Å². The topological polar surface area (TPSA) is 21.6 Å². The molecule has 0 saturated carbocycles. The molecule has 1 aliphatic rings. The van der Waals surface area contributed by atoms with E-state index in [4.69, 9.17) is 4.74 Å². The highest BCUT2D eigenvalue weighted by Crippen LogP contribution is 2.11. The molecule has 0 spiro atoms. The molecule has 2 nitrogen and oxygen atoms in total. The highest BCUT2D eigenvalue weighted by Gasteiger charge is 2.11. The van der Waals surface area contributed by atoms with Crippen molar-refractivity contribution in [2.45, 2.75) is 19.1 Å². The molecule has 0 aromatic rings. The van der Waals surface area contributed by atoms with Crippen LogP contribution in [0, 0.1) is 0 Å². The van der Waals surface area contributed by atoms with Crippen molar-refractivity contribution >= 4 is 17.4 Å². The Morgan fingerprint density at radius 2 is 2.62 bits per heavy atom. The van der Waals surface area contributed by atoms with E-state index in [0.29, 0.717) is 0 Å². The predicted molar refractivity (Wildman–Crippen MR) is 34.0 cm³/mol. The SMILES string of the molecule is S=C=N[C@@H]1CCCO1. The third kappa shape index (κ3) is 1.37. The van der Waals surface area contributed by atoms with Gasteiger partial charge in [0.25, 0.3) is 0 Å². The van der Waals surface area contributed by atoms with Crippen molar-refractivity contribution in [3.63, 3.8) is 0 Å². The Bertz CT molecular complexity index is 114. The number of isothiocyanates is 1. The van der Waals surface area contributed by atoms with Gasteiger partial charge in [0.15, 0.2) is 6.23 Å². The predicted octanol–water partition coefficient (Wildman–Crippen LogP) is 1.23. The lowest BCUT2D eigenvalue weighted by Gasteiger charge is -1.95. The maximum absolute atomic E-state index is 5.10. The van der Waals surface area contributed by atoms with E-state index in [1.165, 1.54) is 0 Å². The Hall–Kier alpha value is -0.240. The lowest BCUT2D eigenvalue weighted by atomic mass is 10.3. The van der Waals surface area contributed by atoms with Crippen LogP contribution in [0.1, 0.15) is 12.8 Å². The van der Waals surface area contributed by atoms with Gasteiger partial charge in [-0.2, -0.15) is 0 Å². The Balaban J connectivity index is 2.35. The van der Waals surface area contributed by atoms with E-state index in [9.17, 15) is 0 Å². The number of rotatable bonds is 1. The zero-order valence-electron chi connectivity index (χ0n) is 4.46. The molecule has 1 fully saturated rings. The molecule has 3 heteroatoms. The molecular weight excluding hydrogens is 122 g/mol. The molecule has 1 aliphatic heterocycles. The summed E-state index contributed by atoms with van der Waals surface area (Å²) in [7, 11) is 0. The highest BCUT2D eigenvalue weighted by atomic mass is 32.1. The van der Waals surface area contributed by atoms with Gasteiger partial charge in [0.05, 0.1) is 5.16 Å². The first-order valence-corrected chi connectivity index (χ1v) is 3.03. The van der Waals surface area contributed by atoms with Crippen molar-refractivity contribution in [1.82, 2.24) is 0 Å². The molecule has 1 heterocycles. The molecule has 1 atom stereocenters. The van der Waals surface area contributed by atoms with Gasteiger partial charge in [-0.3, -0.25) is 0 Å². The second-order valence-corrected chi connectivity index (χ2v) is 1.87. The van der Waals surface area contributed by atoms with Crippen molar-refractivity contribution in [2.75, 3.05) is 6.61 Å². The van der Waals surface area contributed by atoms with Gasteiger partial charge in [-0.25, -0.2) is 4.99 Å². The smallest absolute Gasteiger partial charge is 0.158 e. The van der Waals surface area contributed by atoms with Gasteiger partial charge in [-0.05, 0) is 25.1 Å². The molecule has 0 radical (unpaired) electrons. The van der Waals surface area contributed by atoms with Crippen LogP contribution in [0.4, 0.5) is 0 Å². The summed E-state index contributed by atoms with van der Waals surface area (Å²) in [5.74, 6) is 0. The summed E-state index contributed by atoms with van der Waals surface area (Å²) in [6.07, 6.45) is 2.13. The van der Waals surface area contributed by atoms with Crippen molar-refractivity contribution in [2.24, 2.45) is 4.99 Å². The van der Waals surface area contributed by atoms with Crippen LogP contribution in [0.3, 0.4) is 0 Å². The molecule has 0 unspecified atom stereocenters. The average Bonchev–Trinajstić information content (AvgIpc) is 2.19. The summed E-state index contributed by atoms with van der Waals surface area (Å²) in [4.78, 5) is 3.77. The van der Waals surface area contributed by atoms with Crippen molar-refractivity contribution < 1.29 is 4.74 Å². The van der Waals surface area contributed by atoms with Gasteiger partial charge < -0.3 is 4.74 Å². The number of thiocarbonyl (C=S) groups is 1. The second kappa shape index (κ2) is 2.92. The van der Waals surface area contributed by atoms with Crippen LogP contribution >= 0.6 is 12.2 Å². The molecule has 8 heavy (non-hydrogen) atoms. The minimum Gasteiger partial charge on any atom is -0.356 e. The first-order valence-electron chi connectivity index (χ1n) is 2.62. The third-order valence-corrected chi connectivity index (χ3v) is 1.21. The van der Waals surface area contributed by atoms with E-state index >= 15 is 0 Å². The van der Waals surface area contributed by atoms with Gasteiger partial charge in [-0.15, -0.1) is 0 Å². The lowest BCUT2D eigenvalue weighted by Crippen LogP contribution is -1.97. The molecule has 0 amide bonds. The molecule has 0 N–H and O–H groups in total. The summed E-state index contributed by atoms with van der Waals surface area (Å²) in [6, 6.07) is 0. The maximum atomic E-state index is 5.10. The average molecular weight is 129 g/mol. The zero-order valence-corrected chi connectivity index (χ0v) is 5.28. The van der Waals surface area contributed by atoms with Gasteiger partial charge in [-0.1, -0.05) is 0 Å². The molecule has 0 aliphatic carbocycles. The van der Waals surface area contributed by atoms with Crippen LogP contribution in [0.5, 0.6) is 0 Å². The first kappa shape index (κ1) is 5.89. The number of hydrogen-bond donors (Lipinski definition) is 0. The van der Waals surface area contributed by atoms with Crippen LogP contribution in [-0.2, 0) is 4.74 Å². The third-order valence-electron chi connectivity index (χ3n) is 1.10. The van der Waals surface area contributed by atoms with E-state index < -0.39 is 0 Å². The monoisotopic (exact) mass is 129 g/mol. The van der Waals surface area contributed by atoms with Crippen molar-refractivity contribution in [3.8, 4) is 0 Å². The molecule has 0 aromatic carbocycles. The highest BCUT2D eigenvalue weighted by molar-refractivity contribution is 7.78. The van der Waals surface area contributed by atoms with Crippen LogP contribution in [0.2, 0.25) is 0 Å². The summed E-state index contributed by atoms with van der Waals surface area (Å²) in [6.45, 7) is 0.825. The van der Waals surface area contributed by atoms with Gasteiger partial charge in [0, 0.05) is 6.61 Å². The van der Waals surface area contributed by atoms with Gasteiger partial charge in [0.2, 0.25) is 0 Å². The van der Waals surface area contributed by atoms with E-state index in [1.807, 2.05) is 0 Å². The molecule has 0 bridgehead atoms. The van der Waals surface area contributed by atoms with E-state index in [0.717, 1.165) is 19.4 Å². The Kier molecular flexibility index (Phi) is 2.15. The standard InChI is InChI=1S/C5H7NOS/c8-4-6-5-2-1-3-7-5/h5H,1-3H2/t5-/m0/s1. The van der Waals surface area contributed by atoms with Crippen LogP contribution in [0.25, 0.3) is 0 Å². The Labute approximate surface area is 53.6 Å². The first-order chi connectivity index (χ1) is 3.93. The molecule has 1 rings (SSSR count). The number of aliphatic imine (C=N–C) groups is 1. The number of hydrogen-bond acceptors (Lipinski definition) is 3. The lowest BCUT2D eigenvalue weighted by molar-refractivity contribution is 0.119. The largest absolute Gasteiger partial charge is 0.356 e. The van der Waals surface area contributed by atoms with Crippen molar-refractivity contribution in [1.29, 1.82) is 0 Å². The zero-order chi connectivity index (χ0) is 5.82. The fraction of sp³-hybridized carbons (Fsp3) is 0.800. The summed E-state index contributed by atoms with van der Waals surface area (Å²) < 4.78 is 5.10. The van der Waals surface area contributed by atoms with Gasteiger partial charge in [0.1, 0.15) is 0 Å². The molecule has 1 saturated heterocycles. The van der Waals surface area contributed by atoms with E-state index in [-0.39, 0.29) is 6.23 Å². The van der Waals surface area contributed by atoms with Crippen molar-refractivity contribution in [3.05, 3.63) is 0 Å². The number of ether oxygens (including phenoxy) is 1. The molecule has 0 aromatic heterocycles. The van der Waals surface area contributed by atoms with E-state index in [2.05, 4.69) is 22.4 Å². The van der Waals surface area contributed by atoms with Crippen LogP contribution < -0.4 is 0 Å². The summed E-state index contributed by atoms with van der Waals surface area (Å²) >= 11 is 4.39. The molecule has 44 valence electrons. The minimum absolute atomic E-state index is 0.0208. The van der Waals surface area contributed by atoms with Crippen LogP contribution in [-0.4, -0.2) is 18.0 Å². The Morgan fingerprint density at radius 1 is 1.75 bits per heavy atom. The summed E-state index contributed by atoms with van der Waals surface area (Å²) in [5.41, 5.74) is 0.